The second-order valence-electron chi connectivity index (χ2n) is 6.82. The molecule has 0 fully saturated rings. The van der Waals surface area contributed by atoms with Crippen molar-refractivity contribution in [2.45, 2.75) is 6.54 Å². The minimum atomic E-state index is -0.428. The Morgan fingerprint density at radius 2 is 1.84 bits per heavy atom. The van der Waals surface area contributed by atoms with Crippen LogP contribution in [0.4, 0.5) is 5.82 Å². The molecule has 160 valence electrons. The summed E-state index contributed by atoms with van der Waals surface area (Å²) >= 11 is 1.30. The van der Waals surface area contributed by atoms with Gasteiger partial charge in [-0.05, 0) is 29.2 Å². The highest BCUT2D eigenvalue weighted by molar-refractivity contribution is 7.03. The number of nitrogens with two attached hydrogens (primary N) is 1. The molecule has 4 rings (SSSR count). The Morgan fingerprint density at radius 1 is 1.03 bits per heavy atom. The molecule has 9 nitrogen and oxygen atoms in total. The van der Waals surface area contributed by atoms with Crippen LogP contribution in [0.5, 0.6) is 0 Å². The highest BCUT2D eigenvalue weighted by Crippen LogP contribution is 2.21. The molecule has 2 aromatic heterocycles. The summed E-state index contributed by atoms with van der Waals surface area (Å²) in [5.41, 5.74) is 10.1. The van der Waals surface area contributed by atoms with Gasteiger partial charge in [0.05, 0.1) is 11.9 Å². The van der Waals surface area contributed by atoms with Gasteiger partial charge in [-0.15, -0.1) is 5.10 Å². The van der Waals surface area contributed by atoms with E-state index in [2.05, 4.69) is 30.2 Å². The molecule has 0 aliphatic heterocycles. The Bertz CT molecular complexity index is 1260. The Kier molecular flexibility index (Phi) is 6.13. The van der Waals surface area contributed by atoms with Crippen LogP contribution in [0, 0.1) is 0 Å². The number of rotatable bonds is 6. The lowest BCUT2D eigenvalue weighted by molar-refractivity contribution is 0.0945. The molecule has 10 heteroatoms. The third kappa shape index (κ3) is 4.60. The summed E-state index contributed by atoms with van der Waals surface area (Å²) in [6.45, 7) is 0.376. The van der Waals surface area contributed by atoms with E-state index in [1.165, 1.54) is 24.8 Å². The zero-order valence-corrected chi connectivity index (χ0v) is 17.9. The van der Waals surface area contributed by atoms with Crippen LogP contribution >= 0.6 is 11.5 Å². The number of carbonyl (C=O) groups excluding carboxylic acids is 2. The smallest absolute Gasteiger partial charge is 0.273 e. The molecule has 0 bridgehead atoms. The van der Waals surface area contributed by atoms with Crippen molar-refractivity contribution in [2.75, 3.05) is 12.8 Å². The molecule has 4 N–H and O–H groups in total. The maximum Gasteiger partial charge on any atom is 0.273 e. The third-order valence-corrected chi connectivity index (χ3v) is 5.23. The molecule has 0 spiro atoms. The number of aromatic nitrogens is 4. The van der Waals surface area contributed by atoms with Crippen LogP contribution in [-0.2, 0) is 6.54 Å². The van der Waals surface area contributed by atoms with Crippen molar-refractivity contribution in [2.24, 2.45) is 0 Å². The molecule has 0 aliphatic carbocycles. The van der Waals surface area contributed by atoms with Gasteiger partial charge in [-0.2, -0.15) is 0 Å². The molecule has 4 aromatic rings. The zero-order chi connectivity index (χ0) is 22.5. The second kappa shape index (κ2) is 9.31. The van der Waals surface area contributed by atoms with Crippen molar-refractivity contribution in [3.05, 3.63) is 76.9 Å². The minimum absolute atomic E-state index is 0.0386. The number of nitrogens with one attached hydrogen (secondary N) is 2. The molecule has 2 heterocycles. The van der Waals surface area contributed by atoms with Gasteiger partial charge in [0, 0.05) is 35.7 Å². The van der Waals surface area contributed by atoms with Crippen molar-refractivity contribution in [1.82, 2.24) is 30.2 Å². The summed E-state index contributed by atoms with van der Waals surface area (Å²) < 4.78 is 3.87. The monoisotopic (exact) mass is 445 g/mol. The van der Waals surface area contributed by atoms with E-state index in [-0.39, 0.29) is 17.4 Å². The van der Waals surface area contributed by atoms with E-state index >= 15 is 0 Å². The largest absolute Gasteiger partial charge is 0.382 e. The molecule has 0 saturated carbocycles. The number of amides is 2. The van der Waals surface area contributed by atoms with E-state index in [4.69, 9.17) is 5.73 Å². The van der Waals surface area contributed by atoms with E-state index in [0.29, 0.717) is 23.4 Å². The number of carbonyl (C=O) groups is 2. The van der Waals surface area contributed by atoms with Gasteiger partial charge in [0.25, 0.3) is 11.8 Å². The van der Waals surface area contributed by atoms with Crippen molar-refractivity contribution >= 4 is 29.2 Å². The van der Waals surface area contributed by atoms with Crippen LogP contribution in [0.3, 0.4) is 0 Å². The van der Waals surface area contributed by atoms with Gasteiger partial charge in [-0.1, -0.05) is 40.9 Å². The van der Waals surface area contributed by atoms with Gasteiger partial charge >= 0.3 is 0 Å². The lowest BCUT2D eigenvalue weighted by atomic mass is 10.1. The quantitative estimate of drug-likeness (QED) is 0.415. The van der Waals surface area contributed by atoms with E-state index in [9.17, 15) is 9.59 Å². The van der Waals surface area contributed by atoms with Crippen molar-refractivity contribution < 1.29 is 9.59 Å². The van der Waals surface area contributed by atoms with Gasteiger partial charge in [-0.3, -0.25) is 9.59 Å². The fourth-order valence-corrected chi connectivity index (χ4v) is 3.48. The predicted octanol–water partition coefficient (Wildman–Crippen LogP) is 2.53. The van der Waals surface area contributed by atoms with Crippen molar-refractivity contribution in [1.29, 1.82) is 0 Å². The number of nitrogens with zero attached hydrogens (tertiary/aromatic N) is 4. The number of hydrogen-bond donors (Lipinski definition) is 3. The number of benzene rings is 2. The Morgan fingerprint density at radius 3 is 2.56 bits per heavy atom. The lowest BCUT2D eigenvalue weighted by Crippen LogP contribution is -2.23. The minimum Gasteiger partial charge on any atom is -0.382 e. The summed E-state index contributed by atoms with van der Waals surface area (Å²) in [4.78, 5) is 33.0. The average molecular weight is 446 g/mol. The van der Waals surface area contributed by atoms with Crippen molar-refractivity contribution in [3.8, 4) is 22.5 Å². The van der Waals surface area contributed by atoms with Crippen LogP contribution in [0.1, 0.15) is 26.4 Å². The van der Waals surface area contributed by atoms with Crippen molar-refractivity contribution in [3.63, 3.8) is 0 Å². The first-order valence-electron chi connectivity index (χ1n) is 9.65. The third-order valence-electron chi connectivity index (χ3n) is 4.73. The molecule has 2 amide bonds. The van der Waals surface area contributed by atoms with Crippen LogP contribution in [-0.4, -0.2) is 38.4 Å². The first-order chi connectivity index (χ1) is 15.5. The van der Waals surface area contributed by atoms with E-state index in [1.807, 2.05) is 29.6 Å². The van der Waals surface area contributed by atoms with E-state index in [0.717, 1.165) is 16.8 Å². The maximum atomic E-state index is 12.7. The number of nitrogen functional groups attached to an aromatic ring is 1. The summed E-state index contributed by atoms with van der Waals surface area (Å²) in [7, 11) is 1.49. The normalized spacial score (nSPS) is 10.5. The SMILES string of the molecule is CNC(=O)c1nc(-c2cccc(C(=O)NCc3ccc(-c4csnn4)cc3)c2)cnc1N. The number of hydrogen-bond acceptors (Lipinski definition) is 8. The van der Waals surface area contributed by atoms with Crippen LogP contribution in [0.25, 0.3) is 22.5 Å². The van der Waals surface area contributed by atoms with Gasteiger partial charge < -0.3 is 16.4 Å². The van der Waals surface area contributed by atoms with E-state index in [1.54, 1.807) is 24.3 Å². The molecule has 2 aromatic carbocycles. The van der Waals surface area contributed by atoms with Crippen LogP contribution < -0.4 is 16.4 Å². The first kappa shape index (κ1) is 21.1. The van der Waals surface area contributed by atoms with E-state index < -0.39 is 5.91 Å². The molecular weight excluding hydrogens is 426 g/mol. The number of anilines is 1. The molecule has 0 atom stereocenters. The Hall–Kier alpha value is -4.18. The Balaban J connectivity index is 1.46. The Labute approximate surface area is 187 Å². The molecule has 0 unspecified atom stereocenters. The molecule has 0 aliphatic rings. The summed E-state index contributed by atoms with van der Waals surface area (Å²) in [6.07, 6.45) is 1.47. The molecule has 0 radical (unpaired) electrons. The second-order valence-corrected chi connectivity index (χ2v) is 7.43. The maximum absolute atomic E-state index is 12.7. The van der Waals surface area contributed by atoms with Crippen LogP contribution in [0.2, 0.25) is 0 Å². The summed E-state index contributed by atoms with van der Waals surface area (Å²) in [6, 6.07) is 14.7. The first-order valence-corrected chi connectivity index (χ1v) is 10.5. The standard InChI is InChI=1S/C22H19N7O2S/c1-24-22(31)19-20(23)25-11-17(27-19)15-3-2-4-16(9-15)21(30)26-10-13-5-7-14(8-6-13)18-12-32-29-28-18/h2-9,11-12H,10H2,1H3,(H2,23,25)(H,24,31)(H,26,30). The average Bonchev–Trinajstić information content (AvgIpc) is 3.38. The topological polar surface area (TPSA) is 136 Å². The van der Waals surface area contributed by atoms with Gasteiger partial charge in [0.15, 0.2) is 11.5 Å². The zero-order valence-electron chi connectivity index (χ0n) is 17.1. The highest BCUT2D eigenvalue weighted by atomic mass is 32.1. The highest BCUT2D eigenvalue weighted by Gasteiger charge is 2.14. The predicted molar refractivity (Wildman–Crippen MR) is 122 cm³/mol. The molecular formula is C22H19N7O2S. The molecule has 32 heavy (non-hydrogen) atoms. The molecule has 0 saturated heterocycles. The van der Waals surface area contributed by atoms with Gasteiger partial charge in [0.2, 0.25) is 0 Å². The van der Waals surface area contributed by atoms with Gasteiger partial charge in [0.1, 0.15) is 5.69 Å². The van der Waals surface area contributed by atoms with Crippen LogP contribution in [0.15, 0.2) is 60.1 Å². The lowest BCUT2D eigenvalue weighted by Gasteiger charge is -2.09. The fraction of sp³-hybridized carbons (Fsp3) is 0.0909. The summed E-state index contributed by atoms with van der Waals surface area (Å²) in [5.74, 6) is -0.614. The fourth-order valence-electron chi connectivity index (χ4n) is 3.01. The van der Waals surface area contributed by atoms with Gasteiger partial charge in [-0.25, -0.2) is 9.97 Å². The summed E-state index contributed by atoms with van der Waals surface area (Å²) in [5, 5.41) is 11.3.